The molecule has 2 aromatic heterocycles. The Bertz CT molecular complexity index is 954. The number of carbonyl (C=O) groups excluding carboxylic acids is 1. The van der Waals surface area contributed by atoms with Gasteiger partial charge in [0.15, 0.2) is 6.61 Å². The largest absolute Gasteiger partial charge is 0.497 e. The van der Waals surface area contributed by atoms with Gasteiger partial charge in [0, 0.05) is 18.7 Å². The highest BCUT2D eigenvalue weighted by atomic mass is 32.1. The minimum atomic E-state index is -0.278. The topological polar surface area (TPSA) is 82.4 Å². The maximum Gasteiger partial charge on any atom is 0.266 e. The maximum absolute atomic E-state index is 11.9. The summed E-state index contributed by atoms with van der Waals surface area (Å²) in [7, 11) is 1.56. The zero-order valence-electron chi connectivity index (χ0n) is 14.8. The molecular formula is C19H19N3O4S. The molecule has 0 spiro atoms. The van der Waals surface area contributed by atoms with E-state index < -0.39 is 0 Å². The van der Waals surface area contributed by atoms with Crippen LogP contribution >= 0.6 is 11.3 Å². The van der Waals surface area contributed by atoms with Crippen molar-refractivity contribution in [1.29, 1.82) is 0 Å². The highest BCUT2D eigenvalue weighted by Gasteiger charge is 2.06. The number of thiophene rings is 1. The Labute approximate surface area is 160 Å². The van der Waals surface area contributed by atoms with E-state index >= 15 is 0 Å². The number of methoxy groups -OCH3 is 1. The van der Waals surface area contributed by atoms with Crippen molar-refractivity contribution < 1.29 is 14.3 Å². The lowest BCUT2D eigenvalue weighted by molar-refractivity contribution is -0.123. The van der Waals surface area contributed by atoms with Gasteiger partial charge in [-0.3, -0.25) is 9.59 Å². The van der Waals surface area contributed by atoms with Gasteiger partial charge in [-0.1, -0.05) is 12.1 Å². The molecule has 0 saturated heterocycles. The summed E-state index contributed by atoms with van der Waals surface area (Å²) in [6.45, 7) is 0.439. The summed E-state index contributed by atoms with van der Waals surface area (Å²) < 4.78 is 11.9. The van der Waals surface area contributed by atoms with Crippen LogP contribution in [0.3, 0.4) is 0 Å². The van der Waals surface area contributed by atoms with Crippen molar-refractivity contribution in [3.63, 3.8) is 0 Å². The summed E-state index contributed by atoms with van der Waals surface area (Å²) in [5.74, 6) is 0.926. The Kier molecular flexibility index (Phi) is 6.22. The maximum atomic E-state index is 11.9. The molecule has 27 heavy (non-hydrogen) atoms. The van der Waals surface area contributed by atoms with Gasteiger partial charge in [-0.25, -0.2) is 4.68 Å². The molecular weight excluding hydrogens is 366 g/mol. The van der Waals surface area contributed by atoms with E-state index in [-0.39, 0.29) is 31.2 Å². The van der Waals surface area contributed by atoms with Crippen LogP contribution in [-0.4, -0.2) is 35.9 Å². The Balaban J connectivity index is 1.50. The number of hydrogen-bond acceptors (Lipinski definition) is 6. The van der Waals surface area contributed by atoms with Crippen LogP contribution in [0.25, 0.3) is 10.6 Å². The van der Waals surface area contributed by atoms with Gasteiger partial charge in [-0.15, -0.1) is 11.3 Å². The molecule has 0 unspecified atom stereocenters. The Morgan fingerprint density at radius 2 is 2.04 bits per heavy atom. The van der Waals surface area contributed by atoms with E-state index in [1.165, 1.54) is 10.7 Å². The monoisotopic (exact) mass is 385 g/mol. The standard InChI is InChI=1S/C19H19N3O4S/c1-25-14-4-2-5-15(12-14)26-13-18(23)20-9-10-22-19(24)8-7-16(21-22)17-6-3-11-27-17/h2-8,11-12H,9-10,13H2,1H3,(H,20,23). The van der Waals surface area contributed by atoms with Crippen LogP contribution < -0.4 is 20.3 Å². The molecule has 3 aromatic rings. The molecule has 0 saturated carbocycles. The van der Waals surface area contributed by atoms with E-state index in [0.29, 0.717) is 11.5 Å². The van der Waals surface area contributed by atoms with E-state index in [2.05, 4.69) is 10.4 Å². The van der Waals surface area contributed by atoms with E-state index in [1.807, 2.05) is 17.5 Å². The van der Waals surface area contributed by atoms with Crippen molar-refractivity contribution in [2.24, 2.45) is 0 Å². The molecule has 0 fully saturated rings. The Hall–Kier alpha value is -3.13. The lowest BCUT2D eigenvalue weighted by Crippen LogP contribution is -2.34. The van der Waals surface area contributed by atoms with Crippen molar-refractivity contribution in [2.75, 3.05) is 20.3 Å². The molecule has 7 nitrogen and oxygen atoms in total. The Morgan fingerprint density at radius 1 is 1.19 bits per heavy atom. The predicted octanol–water partition coefficient (Wildman–Crippen LogP) is 2.18. The fourth-order valence-corrected chi connectivity index (χ4v) is 3.05. The number of nitrogens with one attached hydrogen (secondary N) is 1. The first-order valence-corrected chi connectivity index (χ1v) is 9.19. The molecule has 1 N–H and O–H groups in total. The van der Waals surface area contributed by atoms with Gasteiger partial charge in [0.25, 0.3) is 11.5 Å². The normalized spacial score (nSPS) is 10.4. The van der Waals surface area contributed by atoms with Crippen LogP contribution in [0.4, 0.5) is 0 Å². The summed E-state index contributed by atoms with van der Waals surface area (Å²) in [4.78, 5) is 24.9. The number of ether oxygens (including phenoxy) is 2. The predicted molar refractivity (Wildman–Crippen MR) is 103 cm³/mol. The smallest absolute Gasteiger partial charge is 0.266 e. The van der Waals surface area contributed by atoms with Crippen LogP contribution in [0.15, 0.2) is 58.7 Å². The molecule has 0 aliphatic heterocycles. The van der Waals surface area contributed by atoms with Crippen LogP contribution in [0.2, 0.25) is 0 Å². The second-order valence-electron chi connectivity index (χ2n) is 5.57. The first-order chi connectivity index (χ1) is 13.2. The number of nitrogens with zero attached hydrogens (tertiary/aromatic N) is 2. The van der Waals surface area contributed by atoms with Gasteiger partial charge in [-0.05, 0) is 29.6 Å². The number of carbonyl (C=O) groups is 1. The molecule has 0 atom stereocenters. The van der Waals surface area contributed by atoms with E-state index in [9.17, 15) is 9.59 Å². The molecule has 0 radical (unpaired) electrons. The number of benzene rings is 1. The van der Waals surface area contributed by atoms with Gasteiger partial charge in [-0.2, -0.15) is 5.10 Å². The van der Waals surface area contributed by atoms with Gasteiger partial charge in [0.2, 0.25) is 0 Å². The minimum Gasteiger partial charge on any atom is -0.497 e. The van der Waals surface area contributed by atoms with Crippen molar-refractivity contribution in [3.8, 4) is 22.1 Å². The fourth-order valence-electron chi connectivity index (χ4n) is 2.36. The van der Waals surface area contributed by atoms with Crippen molar-refractivity contribution in [1.82, 2.24) is 15.1 Å². The molecule has 3 rings (SSSR count). The zero-order chi connectivity index (χ0) is 19.1. The quantitative estimate of drug-likeness (QED) is 0.643. The van der Waals surface area contributed by atoms with Crippen LogP contribution in [0.1, 0.15) is 0 Å². The third-order valence-corrected chi connectivity index (χ3v) is 4.59. The van der Waals surface area contributed by atoms with E-state index in [0.717, 1.165) is 10.6 Å². The van der Waals surface area contributed by atoms with Crippen LogP contribution in [0.5, 0.6) is 11.5 Å². The lowest BCUT2D eigenvalue weighted by Gasteiger charge is -2.09. The van der Waals surface area contributed by atoms with Gasteiger partial charge in [0.1, 0.15) is 17.2 Å². The molecule has 1 amide bonds. The second kappa shape index (κ2) is 9.00. The fraction of sp³-hybridized carbons (Fsp3) is 0.211. The number of amides is 1. The SMILES string of the molecule is COc1cccc(OCC(=O)NCCn2nc(-c3cccs3)ccc2=O)c1. The third-order valence-electron chi connectivity index (χ3n) is 3.70. The first kappa shape index (κ1) is 18.7. The highest BCUT2D eigenvalue weighted by Crippen LogP contribution is 2.21. The summed E-state index contributed by atoms with van der Waals surface area (Å²) >= 11 is 1.55. The molecule has 0 aliphatic rings. The highest BCUT2D eigenvalue weighted by molar-refractivity contribution is 7.13. The number of hydrogen-bond donors (Lipinski definition) is 1. The zero-order valence-corrected chi connectivity index (χ0v) is 15.6. The van der Waals surface area contributed by atoms with Gasteiger partial charge >= 0.3 is 0 Å². The van der Waals surface area contributed by atoms with Crippen LogP contribution in [-0.2, 0) is 11.3 Å². The van der Waals surface area contributed by atoms with Gasteiger partial charge < -0.3 is 14.8 Å². The molecule has 1 aromatic carbocycles. The Morgan fingerprint density at radius 3 is 2.81 bits per heavy atom. The molecule has 8 heteroatoms. The third kappa shape index (κ3) is 5.18. The van der Waals surface area contributed by atoms with E-state index in [1.54, 1.807) is 48.8 Å². The average Bonchev–Trinajstić information content (AvgIpc) is 3.23. The minimum absolute atomic E-state index is 0.120. The average molecular weight is 385 g/mol. The summed E-state index contributed by atoms with van der Waals surface area (Å²) in [5, 5.41) is 9.01. The van der Waals surface area contributed by atoms with E-state index in [4.69, 9.17) is 9.47 Å². The van der Waals surface area contributed by atoms with Gasteiger partial charge in [0.05, 0.1) is 18.5 Å². The molecule has 0 bridgehead atoms. The van der Waals surface area contributed by atoms with Crippen LogP contribution in [0, 0.1) is 0 Å². The second-order valence-corrected chi connectivity index (χ2v) is 6.52. The lowest BCUT2D eigenvalue weighted by atomic mass is 10.3. The summed E-state index contributed by atoms with van der Waals surface area (Å²) in [6, 6.07) is 14.1. The number of aromatic nitrogens is 2. The summed E-state index contributed by atoms with van der Waals surface area (Å²) in [5.41, 5.74) is 0.523. The number of rotatable bonds is 8. The molecule has 2 heterocycles. The molecule has 0 aliphatic carbocycles. The summed E-state index contributed by atoms with van der Waals surface area (Å²) in [6.07, 6.45) is 0. The van der Waals surface area contributed by atoms with Crippen molar-refractivity contribution in [2.45, 2.75) is 6.54 Å². The molecule has 140 valence electrons. The van der Waals surface area contributed by atoms with Crippen molar-refractivity contribution >= 4 is 17.2 Å². The first-order valence-electron chi connectivity index (χ1n) is 8.31. The van der Waals surface area contributed by atoms with Crippen molar-refractivity contribution in [3.05, 3.63) is 64.3 Å².